The molecule has 1 aromatic rings. The Morgan fingerprint density at radius 1 is 1.17 bits per heavy atom. The predicted molar refractivity (Wildman–Crippen MR) is 115 cm³/mol. The molecule has 1 aromatic carbocycles. The van der Waals surface area contributed by atoms with E-state index in [2.05, 4.69) is 5.32 Å². The van der Waals surface area contributed by atoms with Crippen LogP contribution in [0, 0.1) is 5.92 Å². The maximum absolute atomic E-state index is 12.9. The molecular weight excluding hydrogens is 404 g/mol. The molecule has 1 saturated heterocycles. The molecule has 3 rings (SSSR count). The van der Waals surface area contributed by atoms with Crippen molar-refractivity contribution in [2.45, 2.75) is 56.6 Å². The Morgan fingerprint density at radius 3 is 2.43 bits per heavy atom. The lowest BCUT2D eigenvalue weighted by molar-refractivity contribution is -0.138. The highest BCUT2D eigenvalue weighted by Gasteiger charge is 2.42. The van der Waals surface area contributed by atoms with Crippen molar-refractivity contribution < 1.29 is 23.1 Å². The molecule has 2 amide bonds. The van der Waals surface area contributed by atoms with Gasteiger partial charge >= 0.3 is 0 Å². The van der Waals surface area contributed by atoms with Crippen LogP contribution in [-0.2, 0) is 24.8 Å². The zero-order valence-electron chi connectivity index (χ0n) is 17.7. The van der Waals surface area contributed by atoms with Crippen molar-refractivity contribution in [2.75, 3.05) is 25.1 Å². The van der Waals surface area contributed by atoms with Gasteiger partial charge in [0.1, 0.15) is 0 Å². The molecular formula is C22H32N2O5S. The third-order valence-electron chi connectivity index (χ3n) is 6.77. The standard InChI is InChI=1S/C22H32N2O5S/c1-16(25)23-15-22(18-6-4-3-5-7-18)11-8-19(20(26)9-12-22)24(2)21(27)17-10-13-30(28,29)14-17/h3-7,17,19-20,26H,8-15H2,1-2H3,(H,23,25)/t17-,19+,20+,22-/m1/s1. The lowest BCUT2D eigenvalue weighted by Gasteiger charge is -2.34. The van der Waals surface area contributed by atoms with Gasteiger partial charge in [0.25, 0.3) is 0 Å². The summed E-state index contributed by atoms with van der Waals surface area (Å²) in [5.74, 6) is -0.863. The van der Waals surface area contributed by atoms with Gasteiger partial charge in [0, 0.05) is 25.9 Å². The molecule has 0 spiro atoms. The van der Waals surface area contributed by atoms with Crippen LogP contribution in [0.5, 0.6) is 0 Å². The van der Waals surface area contributed by atoms with E-state index in [9.17, 15) is 23.1 Å². The molecule has 0 radical (unpaired) electrons. The van der Waals surface area contributed by atoms with Crippen molar-refractivity contribution in [3.63, 3.8) is 0 Å². The van der Waals surface area contributed by atoms with E-state index in [1.165, 1.54) is 6.92 Å². The van der Waals surface area contributed by atoms with Crippen LogP contribution in [0.2, 0.25) is 0 Å². The van der Waals surface area contributed by atoms with Gasteiger partial charge in [0.15, 0.2) is 9.84 Å². The van der Waals surface area contributed by atoms with E-state index in [4.69, 9.17) is 0 Å². The molecule has 2 N–H and O–H groups in total. The van der Waals surface area contributed by atoms with Crippen LogP contribution in [0.4, 0.5) is 0 Å². The third-order valence-corrected chi connectivity index (χ3v) is 8.54. The van der Waals surface area contributed by atoms with Crippen molar-refractivity contribution in [2.24, 2.45) is 5.92 Å². The number of nitrogens with zero attached hydrogens (tertiary/aromatic N) is 1. The zero-order chi connectivity index (χ0) is 21.9. The van der Waals surface area contributed by atoms with Gasteiger partial charge in [-0.25, -0.2) is 8.42 Å². The Bertz CT molecular complexity index is 873. The molecule has 7 nitrogen and oxygen atoms in total. The van der Waals surface area contributed by atoms with E-state index in [-0.39, 0.29) is 34.8 Å². The molecule has 1 aliphatic carbocycles. The number of carbonyl (C=O) groups is 2. The first-order valence-electron chi connectivity index (χ1n) is 10.6. The van der Waals surface area contributed by atoms with E-state index >= 15 is 0 Å². The van der Waals surface area contributed by atoms with Gasteiger partial charge in [0.2, 0.25) is 11.8 Å². The van der Waals surface area contributed by atoms with Crippen LogP contribution >= 0.6 is 0 Å². The van der Waals surface area contributed by atoms with Gasteiger partial charge in [-0.15, -0.1) is 0 Å². The van der Waals surface area contributed by atoms with Crippen molar-refractivity contribution in [1.29, 1.82) is 0 Å². The molecule has 1 aliphatic heterocycles. The SMILES string of the molecule is CC(=O)NC[C@]1(c2ccccc2)CC[C@H](O)[C@@H](N(C)C(=O)[C@@H]2CCS(=O)(=O)C2)CC1. The fraction of sp³-hybridized carbons (Fsp3) is 0.636. The van der Waals surface area contributed by atoms with E-state index in [0.717, 1.165) is 5.56 Å². The van der Waals surface area contributed by atoms with E-state index in [1.807, 2.05) is 30.3 Å². The van der Waals surface area contributed by atoms with E-state index in [1.54, 1.807) is 11.9 Å². The van der Waals surface area contributed by atoms with Gasteiger partial charge in [-0.2, -0.15) is 0 Å². The van der Waals surface area contributed by atoms with E-state index < -0.39 is 21.9 Å². The predicted octanol–water partition coefficient (Wildman–Crippen LogP) is 1.26. The summed E-state index contributed by atoms with van der Waals surface area (Å²) in [6.07, 6.45) is 2.14. The molecule has 8 heteroatoms. The Labute approximate surface area is 178 Å². The second-order valence-electron chi connectivity index (χ2n) is 8.82. The number of likely N-dealkylation sites (N-methyl/N-ethyl adjacent to an activating group) is 1. The zero-order valence-corrected chi connectivity index (χ0v) is 18.5. The highest BCUT2D eigenvalue weighted by molar-refractivity contribution is 7.91. The minimum atomic E-state index is -3.15. The maximum atomic E-state index is 12.9. The number of aliphatic hydroxyl groups is 1. The van der Waals surface area contributed by atoms with Gasteiger partial charge < -0.3 is 15.3 Å². The second-order valence-corrected chi connectivity index (χ2v) is 11.0. The number of carbonyl (C=O) groups excluding carboxylic acids is 2. The maximum Gasteiger partial charge on any atom is 0.226 e. The molecule has 1 saturated carbocycles. The monoisotopic (exact) mass is 436 g/mol. The minimum absolute atomic E-state index is 0.0539. The summed E-state index contributed by atoms with van der Waals surface area (Å²) in [5.41, 5.74) is 0.797. The molecule has 30 heavy (non-hydrogen) atoms. The summed E-state index contributed by atoms with van der Waals surface area (Å²) in [6, 6.07) is 9.62. The summed E-state index contributed by atoms with van der Waals surface area (Å²) >= 11 is 0. The van der Waals surface area contributed by atoms with Crippen LogP contribution in [0.3, 0.4) is 0 Å². The topological polar surface area (TPSA) is 104 Å². The Morgan fingerprint density at radius 2 is 1.83 bits per heavy atom. The summed E-state index contributed by atoms with van der Waals surface area (Å²) in [5, 5.41) is 13.8. The van der Waals surface area contributed by atoms with E-state index in [0.29, 0.717) is 38.6 Å². The first kappa shape index (κ1) is 22.7. The molecule has 4 atom stereocenters. The number of hydrogen-bond acceptors (Lipinski definition) is 5. The average Bonchev–Trinajstić information content (AvgIpc) is 2.99. The number of sulfone groups is 1. The lowest BCUT2D eigenvalue weighted by Crippen LogP contribution is -2.46. The summed E-state index contributed by atoms with van der Waals surface area (Å²) in [6.45, 7) is 1.97. The second kappa shape index (κ2) is 9.06. The van der Waals surface area contributed by atoms with Gasteiger partial charge in [-0.05, 0) is 37.7 Å². The Balaban J connectivity index is 1.78. The first-order chi connectivity index (χ1) is 14.1. The lowest BCUT2D eigenvalue weighted by atomic mass is 9.74. The molecule has 0 aromatic heterocycles. The quantitative estimate of drug-likeness (QED) is 0.677. The highest BCUT2D eigenvalue weighted by atomic mass is 32.2. The summed E-state index contributed by atoms with van der Waals surface area (Å²) < 4.78 is 23.6. The molecule has 2 fully saturated rings. The van der Waals surface area contributed by atoms with Crippen LogP contribution in [0.25, 0.3) is 0 Å². The molecule has 0 unspecified atom stereocenters. The van der Waals surface area contributed by atoms with Crippen LogP contribution < -0.4 is 5.32 Å². The van der Waals surface area contributed by atoms with Gasteiger partial charge in [-0.3, -0.25) is 9.59 Å². The van der Waals surface area contributed by atoms with Crippen molar-refractivity contribution >= 4 is 21.7 Å². The Kier molecular flexibility index (Phi) is 6.87. The number of rotatable bonds is 5. The van der Waals surface area contributed by atoms with Crippen molar-refractivity contribution in [1.82, 2.24) is 10.2 Å². The Hall–Kier alpha value is -1.93. The summed E-state index contributed by atoms with van der Waals surface area (Å²) in [7, 11) is -1.47. The fourth-order valence-corrected chi connectivity index (χ4v) is 6.64. The average molecular weight is 437 g/mol. The number of benzene rings is 1. The minimum Gasteiger partial charge on any atom is -0.391 e. The molecule has 166 valence electrons. The largest absolute Gasteiger partial charge is 0.391 e. The van der Waals surface area contributed by atoms with Gasteiger partial charge in [0.05, 0.1) is 29.6 Å². The van der Waals surface area contributed by atoms with Crippen molar-refractivity contribution in [3.05, 3.63) is 35.9 Å². The molecule has 0 bridgehead atoms. The third kappa shape index (κ3) is 5.03. The van der Waals surface area contributed by atoms with Crippen molar-refractivity contribution in [3.8, 4) is 0 Å². The summed E-state index contributed by atoms with van der Waals surface area (Å²) in [4.78, 5) is 26.1. The molecule has 2 aliphatic rings. The number of hydrogen-bond donors (Lipinski definition) is 2. The van der Waals surface area contributed by atoms with Crippen LogP contribution in [-0.4, -0.2) is 67.5 Å². The fourth-order valence-electron chi connectivity index (χ4n) is 4.90. The number of amides is 2. The smallest absolute Gasteiger partial charge is 0.226 e. The highest BCUT2D eigenvalue weighted by Crippen LogP contribution is 2.39. The number of nitrogens with one attached hydrogen (secondary N) is 1. The number of aliphatic hydroxyl groups excluding tert-OH is 1. The molecule has 1 heterocycles. The normalized spacial score (nSPS) is 31.0. The first-order valence-corrected chi connectivity index (χ1v) is 12.4. The van der Waals surface area contributed by atoms with Gasteiger partial charge in [-0.1, -0.05) is 30.3 Å². The van der Waals surface area contributed by atoms with Crippen LogP contribution in [0.15, 0.2) is 30.3 Å². The van der Waals surface area contributed by atoms with Crippen LogP contribution in [0.1, 0.15) is 44.6 Å².